The number of aromatic nitrogens is 3. The minimum atomic E-state index is -4.50. The number of hydrogen-bond acceptors (Lipinski definition) is 9. The van der Waals surface area contributed by atoms with E-state index in [0.29, 0.717) is 10.3 Å². The number of aryl methyl sites for hydroxylation is 1. The van der Waals surface area contributed by atoms with Gasteiger partial charge < -0.3 is 20.8 Å². The van der Waals surface area contributed by atoms with Crippen molar-refractivity contribution in [3.05, 3.63) is 41.7 Å². The fourth-order valence-corrected chi connectivity index (χ4v) is 4.70. The zero-order valence-electron chi connectivity index (χ0n) is 16.3. The second-order valence-corrected chi connectivity index (χ2v) is 9.07. The third kappa shape index (κ3) is 4.09. The van der Waals surface area contributed by atoms with Crippen LogP contribution in [-0.4, -0.2) is 73.8 Å². The molecule has 2 aliphatic carbocycles. The van der Waals surface area contributed by atoms with Crippen LogP contribution in [0, 0.1) is 0 Å². The Morgan fingerprint density at radius 2 is 1.80 bits per heavy atom. The smallest absolute Gasteiger partial charge is 0.335 e. The maximum Gasteiger partial charge on any atom is 0.335 e. The van der Waals surface area contributed by atoms with Crippen LogP contribution < -0.4 is 10.6 Å². The van der Waals surface area contributed by atoms with E-state index in [1.165, 1.54) is 17.5 Å². The molecule has 0 bridgehead atoms. The first kappa shape index (κ1) is 20.9. The average Bonchev–Trinajstić information content (AvgIpc) is 3.23. The van der Waals surface area contributed by atoms with Gasteiger partial charge >= 0.3 is 10.3 Å². The van der Waals surface area contributed by atoms with Crippen molar-refractivity contribution in [1.29, 1.82) is 0 Å². The summed E-state index contributed by atoms with van der Waals surface area (Å²) in [6.45, 7) is 0. The second kappa shape index (κ2) is 8.04. The number of nitrogens with zero attached hydrogens (tertiary/aromatic N) is 4. The third-order valence-electron chi connectivity index (χ3n) is 5.81. The SMILES string of the molecule is CN([C@@H]1C[C@@H](Nc2ncnc(N[C@H]3CCc4ccccc43)n2)[C@H](O)[C@@H]1O)S(=O)(=O)O. The fourth-order valence-electron chi connectivity index (χ4n) is 4.15. The molecule has 162 valence electrons. The van der Waals surface area contributed by atoms with Gasteiger partial charge in [0.2, 0.25) is 11.9 Å². The molecule has 0 unspecified atom stereocenters. The van der Waals surface area contributed by atoms with E-state index in [4.69, 9.17) is 0 Å². The van der Waals surface area contributed by atoms with E-state index in [9.17, 15) is 23.2 Å². The van der Waals surface area contributed by atoms with Gasteiger partial charge in [-0.1, -0.05) is 24.3 Å². The molecule has 1 heterocycles. The van der Waals surface area contributed by atoms with Crippen LogP contribution >= 0.6 is 0 Å². The molecule has 2 aromatic rings. The van der Waals surface area contributed by atoms with Crippen LogP contribution in [0.1, 0.15) is 30.0 Å². The number of hydrogen-bond donors (Lipinski definition) is 5. The van der Waals surface area contributed by atoms with Gasteiger partial charge in [0.25, 0.3) is 0 Å². The summed E-state index contributed by atoms with van der Waals surface area (Å²) < 4.78 is 32.6. The summed E-state index contributed by atoms with van der Waals surface area (Å²) in [5.41, 5.74) is 2.50. The fraction of sp³-hybridized carbons (Fsp3) is 0.500. The van der Waals surface area contributed by atoms with Crippen LogP contribution in [0.15, 0.2) is 30.6 Å². The van der Waals surface area contributed by atoms with Crippen molar-refractivity contribution in [2.24, 2.45) is 0 Å². The van der Waals surface area contributed by atoms with Crippen LogP contribution in [0.25, 0.3) is 0 Å². The summed E-state index contributed by atoms with van der Waals surface area (Å²) in [7, 11) is -3.36. The zero-order valence-corrected chi connectivity index (χ0v) is 17.1. The van der Waals surface area contributed by atoms with Gasteiger partial charge in [0.1, 0.15) is 12.4 Å². The lowest BCUT2D eigenvalue weighted by Gasteiger charge is -2.23. The molecule has 5 atom stereocenters. The second-order valence-electron chi connectivity index (χ2n) is 7.60. The Hall–Kier alpha value is -2.38. The van der Waals surface area contributed by atoms with Crippen LogP contribution in [0.5, 0.6) is 0 Å². The van der Waals surface area contributed by atoms with Crippen LogP contribution in [-0.2, 0) is 16.7 Å². The highest BCUT2D eigenvalue weighted by molar-refractivity contribution is 7.83. The summed E-state index contributed by atoms with van der Waals surface area (Å²) in [5.74, 6) is 0.555. The van der Waals surface area contributed by atoms with Crippen molar-refractivity contribution in [1.82, 2.24) is 19.3 Å². The molecule has 0 radical (unpaired) electrons. The average molecular weight is 436 g/mol. The molecule has 4 rings (SSSR count). The first-order chi connectivity index (χ1) is 14.2. The number of likely N-dealkylation sites (N-methyl/N-ethyl adjacent to an activating group) is 1. The molecule has 1 fully saturated rings. The number of anilines is 2. The minimum Gasteiger partial charge on any atom is -0.389 e. The Kier molecular flexibility index (Phi) is 5.59. The summed E-state index contributed by atoms with van der Waals surface area (Å²) in [6.07, 6.45) is 0.642. The molecule has 11 nitrogen and oxygen atoms in total. The number of nitrogens with one attached hydrogen (secondary N) is 2. The maximum atomic E-state index is 11.4. The van der Waals surface area contributed by atoms with Gasteiger partial charge in [0, 0.05) is 7.05 Å². The lowest BCUT2D eigenvalue weighted by Crippen LogP contribution is -2.44. The van der Waals surface area contributed by atoms with Gasteiger partial charge in [-0.2, -0.15) is 17.7 Å². The highest BCUT2D eigenvalue weighted by Gasteiger charge is 2.46. The molecule has 30 heavy (non-hydrogen) atoms. The highest BCUT2D eigenvalue weighted by Crippen LogP contribution is 2.33. The van der Waals surface area contributed by atoms with Gasteiger partial charge in [0.15, 0.2) is 0 Å². The molecule has 0 saturated heterocycles. The van der Waals surface area contributed by atoms with Crippen molar-refractivity contribution < 1.29 is 23.2 Å². The van der Waals surface area contributed by atoms with Crippen LogP contribution in [0.3, 0.4) is 0 Å². The van der Waals surface area contributed by atoms with E-state index in [2.05, 4.69) is 37.7 Å². The maximum absolute atomic E-state index is 11.4. The topological polar surface area (TPSA) is 161 Å². The number of rotatable bonds is 6. The highest BCUT2D eigenvalue weighted by atomic mass is 32.2. The first-order valence-electron chi connectivity index (χ1n) is 9.60. The number of benzene rings is 1. The molecule has 1 aromatic heterocycles. The molecular weight excluding hydrogens is 412 g/mol. The largest absolute Gasteiger partial charge is 0.389 e. The van der Waals surface area contributed by atoms with E-state index in [0.717, 1.165) is 19.9 Å². The van der Waals surface area contributed by atoms with Gasteiger partial charge in [-0.15, -0.1) is 0 Å². The van der Waals surface area contributed by atoms with E-state index < -0.39 is 34.6 Å². The molecule has 5 N–H and O–H groups in total. The van der Waals surface area contributed by atoms with Gasteiger partial charge in [0.05, 0.1) is 24.2 Å². The van der Waals surface area contributed by atoms with E-state index in [1.54, 1.807) is 0 Å². The minimum absolute atomic E-state index is 0.0586. The lowest BCUT2D eigenvalue weighted by molar-refractivity contribution is 0.0153. The first-order valence-corrected chi connectivity index (χ1v) is 11.0. The normalized spacial score (nSPS) is 28.5. The molecule has 12 heteroatoms. The Morgan fingerprint density at radius 1 is 1.10 bits per heavy atom. The monoisotopic (exact) mass is 436 g/mol. The lowest BCUT2D eigenvalue weighted by atomic mass is 10.1. The standard InChI is InChI=1S/C18H24N6O5S/c1-24(30(27,28)29)14-8-13(15(25)16(14)26)22-18-20-9-19-17(23-18)21-12-7-6-10-4-2-3-5-11(10)12/h2-5,9,12-16,25-26H,6-8H2,1H3,(H,27,28,29)(H2,19,20,21,22,23)/t12-,13+,14+,15-,16+/m0/s1. The molecule has 1 saturated carbocycles. The Morgan fingerprint density at radius 3 is 2.53 bits per heavy atom. The molecular formula is C18H24N6O5S. The van der Waals surface area contributed by atoms with E-state index >= 15 is 0 Å². The Balaban J connectivity index is 1.45. The van der Waals surface area contributed by atoms with Crippen molar-refractivity contribution in [2.75, 3.05) is 17.7 Å². The Bertz CT molecular complexity index is 1020. The van der Waals surface area contributed by atoms with Crippen LogP contribution in [0.2, 0.25) is 0 Å². The summed E-state index contributed by atoms with van der Waals surface area (Å²) in [5, 5.41) is 26.7. The molecule has 2 aliphatic rings. The summed E-state index contributed by atoms with van der Waals surface area (Å²) >= 11 is 0. The predicted molar refractivity (Wildman–Crippen MR) is 108 cm³/mol. The summed E-state index contributed by atoms with van der Waals surface area (Å²) in [4.78, 5) is 12.5. The Labute approximate surface area is 174 Å². The van der Waals surface area contributed by atoms with Crippen molar-refractivity contribution in [3.8, 4) is 0 Å². The van der Waals surface area contributed by atoms with Crippen LogP contribution in [0.4, 0.5) is 11.9 Å². The molecule has 0 spiro atoms. The van der Waals surface area contributed by atoms with Crippen molar-refractivity contribution in [2.45, 2.75) is 49.6 Å². The van der Waals surface area contributed by atoms with Crippen molar-refractivity contribution in [3.63, 3.8) is 0 Å². The predicted octanol–water partition coefficient (Wildman–Crippen LogP) is -0.0198. The molecule has 1 aromatic carbocycles. The summed E-state index contributed by atoms with van der Waals surface area (Å²) in [6, 6.07) is 6.57. The third-order valence-corrected chi connectivity index (χ3v) is 6.80. The van der Waals surface area contributed by atoms with Gasteiger partial charge in [-0.25, -0.2) is 9.97 Å². The molecule has 0 aliphatic heterocycles. The van der Waals surface area contributed by atoms with Crippen molar-refractivity contribution >= 4 is 22.2 Å². The van der Waals surface area contributed by atoms with E-state index in [-0.39, 0.29) is 18.4 Å². The number of fused-ring (bicyclic) bond motifs is 1. The number of aliphatic hydroxyl groups is 2. The van der Waals surface area contributed by atoms with Gasteiger partial charge in [-0.05, 0) is 30.4 Å². The van der Waals surface area contributed by atoms with E-state index in [1.807, 2.05) is 12.1 Å². The van der Waals surface area contributed by atoms with Gasteiger partial charge in [-0.3, -0.25) is 4.55 Å². The number of aliphatic hydroxyl groups excluding tert-OH is 2. The molecule has 0 amide bonds. The zero-order chi connectivity index (χ0) is 21.5. The quantitative estimate of drug-likeness (QED) is 0.389.